The average molecular weight is 357 g/mol. The van der Waals surface area contributed by atoms with E-state index in [1.807, 2.05) is 19.1 Å². The summed E-state index contributed by atoms with van der Waals surface area (Å²) >= 11 is 5.60. The summed E-state index contributed by atoms with van der Waals surface area (Å²) in [5.41, 5.74) is 2.12. The Balaban J connectivity index is 2.19. The number of aliphatic hydroxyl groups is 1. The maximum Gasteiger partial charge on any atom is 0.340 e. The number of hydrogen-bond acceptors (Lipinski definition) is 6. The van der Waals surface area contributed by atoms with Crippen molar-refractivity contribution in [3.05, 3.63) is 23.8 Å². The Bertz CT molecular complexity index is 535. The molecule has 0 radical (unpaired) electrons. The van der Waals surface area contributed by atoms with Crippen LogP contribution in [0.2, 0.25) is 0 Å². The van der Waals surface area contributed by atoms with Gasteiger partial charge in [-0.2, -0.15) is 0 Å². The number of nitrogens with zero attached hydrogens (tertiary/aromatic N) is 1. The molecule has 2 rings (SSSR count). The Kier molecular flexibility index (Phi) is 7.62. The number of morpholine rings is 1. The molecular weight excluding hydrogens is 332 g/mol. The molecule has 0 bridgehead atoms. The summed E-state index contributed by atoms with van der Waals surface area (Å²) < 4.78 is 10.7. The predicted molar refractivity (Wildman–Crippen MR) is 95.3 cm³/mol. The number of aliphatic hydroxyl groups excluding tert-OH is 1. The summed E-state index contributed by atoms with van der Waals surface area (Å²) in [7, 11) is 0. The van der Waals surface area contributed by atoms with Crippen molar-refractivity contribution in [2.45, 2.75) is 19.4 Å². The van der Waals surface area contributed by atoms with E-state index in [1.54, 1.807) is 6.07 Å². The molecule has 1 aromatic rings. The van der Waals surface area contributed by atoms with Crippen molar-refractivity contribution in [1.29, 1.82) is 0 Å². The topological polar surface area (TPSA) is 71.0 Å². The molecule has 0 aliphatic carbocycles. The molecule has 1 fully saturated rings. The van der Waals surface area contributed by atoms with Gasteiger partial charge in [-0.05, 0) is 24.6 Å². The zero-order valence-electron chi connectivity index (χ0n) is 14.0. The monoisotopic (exact) mass is 356 g/mol. The Labute approximate surface area is 147 Å². The van der Waals surface area contributed by atoms with Crippen molar-refractivity contribution in [2.24, 2.45) is 0 Å². The van der Waals surface area contributed by atoms with Crippen LogP contribution >= 0.6 is 11.6 Å². The van der Waals surface area contributed by atoms with E-state index in [1.165, 1.54) is 0 Å². The summed E-state index contributed by atoms with van der Waals surface area (Å²) in [4.78, 5) is 14.6. The Hall–Kier alpha value is -1.50. The third-order valence-electron chi connectivity index (χ3n) is 3.73. The van der Waals surface area contributed by atoms with Crippen LogP contribution in [0.3, 0.4) is 0 Å². The molecule has 1 aliphatic heterocycles. The Morgan fingerprint density at radius 1 is 1.46 bits per heavy atom. The first-order valence-electron chi connectivity index (χ1n) is 8.27. The quantitative estimate of drug-likeness (QED) is 0.549. The third-order valence-corrected chi connectivity index (χ3v) is 4.08. The second kappa shape index (κ2) is 9.71. The van der Waals surface area contributed by atoms with E-state index in [0.717, 1.165) is 30.9 Å². The normalized spacial score (nSPS) is 15.9. The molecule has 7 heteroatoms. The van der Waals surface area contributed by atoms with E-state index < -0.39 is 6.10 Å². The number of benzene rings is 1. The number of halogens is 1. The van der Waals surface area contributed by atoms with Gasteiger partial charge in [-0.15, -0.1) is 11.6 Å². The van der Waals surface area contributed by atoms with E-state index in [4.69, 9.17) is 21.1 Å². The van der Waals surface area contributed by atoms with Crippen LogP contribution in [0.5, 0.6) is 0 Å². The van der Waals surface area contributed by atoms with Crippen molar-refractivity contribution in [3.8, 4) is 0 Å². The molecule has 1 atom stereocenters. The number of nitrogens with one attached hydrogen (secondary N) is 1. The predicted octanol–water partition coefficient (Wildman–Crippen LogP) is 2.10. The van der Waals surface area contributed by atoms with Crippen molar-refractivity contribution in [2.75, 3.05) is 55.6 Å². The minimum Gasteiger partial charge on any atom is -0.462 e. The van der Waals surface area contributed by atoms with Gasteiger partial charge < -0.3 is 24.8 Å². The van der Waals surface area contributed by atoms with Crippen LogP contribution in [-0.2, 0) is 9.47 Å². The molecule has 1 heterocycles. The first kappa shape index (κ1) is 18.8. The smallest absolute Gasteiger partial charge is 0.340 e. The molecule has 1 unspecified atom stereocenters. The molecule has 6 nitrogen and oxygen atoms in total. The fourth-order valence-corrected chi connectivity index (χ4v) is 2.56. The standard InChI is InChI=1S/C17H25ClN2O4/c1-2-7-24-17(22)15-10-13(19-12-14(21)11-18)3-4-16(15)20-5-8-23-9-6-20/h3-4,10,14,19,21H,2,5-9,11-12H2,1H3. The van der Waals surface area contributed by atoms with Gasteiger partial charge in [0.15, 0.2) is 0 Å². The number of carbonyl (C=O) groups excluding carboxylic acids is 1. The fourth-order valence-electron chi connectivity index (χ4n) is 2.45. The highest BCUT2D eigenvalue weighted by Gasteiger charge is 2.20. The first-order chi connectivity index (χ1) is 11.7. The lowest BCUT2D eigenvalue weighted by Gasteiger charge is -2.30. The molecule has 24 heavy (non-hydrogen) atoms. The van der Waals surface area contributed by atoms with Crippen LogP contribution in [0.1, 0.15) is 23.7 Å². The molecule has 0 aromatic heterocycles. The zero-order chi connectivity index (χ0) is 17.4. The molecule has 1 aliphatic rings. The van der Waals surface area contributed by atoms with Gasteiger partial charge in [0.05, 0.1) is 43.1 Å². The second-order valence-electron chi connectivity index (χ2n) is 5.66. The number of hydrogen-bond donors (Lipinski definition) is 2. The van der Waals surface area contributed by atoms with Crippen LogP contribution in [0, 0.1) is 0 Å². The van der Waals surface area contributed by atoms with Crippen molar-refractivity contribution in [1.82, 2.24) is 0 Å². The number of ether oxygens (including phenoxy) is 2. The van der Waals surface area contributed by atoms with E-state index in [0.29, 0.717) is 31.9 Å². The number of esters is 1. The highest BCUT2D eigenvalue weighted by atomic mass is 35.5. The number of anilines is 2. The maximum atomic E-state index is 12.4. The highest BCUT2D eigenvalue weighted by molar-refractivity contribution is 6.18. The summed E-state index contributed by atoms with van der Waals surface area (Å²) in [6, 6.07) is 5.56. The van der Waals surface area contributed by atoms with Gasteiger partial charge in [-0.3, -0.25) is 0 Å². The third kappa shape index (κ3) is 5.26. The van der Waals surface area contributed by atoms with E-state index in [9.17, 15) is 9.90 Å². The molecular formula is C17H25ClN2O4. The largest absolute Gasteiger partial charge is 0.462 e. The van der Waals surface area contributed by atoms with Crippen LogP contribution in [0.4, 0.5) is 11.4 Å². The summed E-state index contributed by atoms with van der Waals surface area (Å²) in [6.45, 7) is 5.45. The lowest BCUT2D eigenvalue weighted by molar-refractivity contribution is 0.0505. The van der Waals surface area contributed by atoms with Gasteiger partial charge >= 0.3 is 5.97 Å². The molecule has 0 spiro atoms. The van der Waals surface area contributed by atoms with E-state index >= 15 is 0 Å². The van der Waals surface area contributed by atoms with Gasteiger partial charge in [0.25, 0.3) is 0 Å². The number of carbonyl (C=O) groups is 1. The van der Waals surface area contributed by atoms with Gasteiger partial charge in [-0.1, -0.05) is 6.92 Å². The number of rotatable bonds is 8. The minimum absolute atomic E-state index is 0.157. The van der Waals surface area contributed by atoms with Crippen molar-refractivity contribution < 1.29 is 19.4 Å². The van der Waals surface area contributed by atoms with Gasteiger partial charge in [0, 0.05) is 25.3 Å². The molecule has 134 valence electrons. The molecule has 0 amide bonds. The van der Waals surface area contributed by atoms with Crippen LogP contribution in [-0.4, -0.2) is 62.5 Å². The second-order valence-corrected chi connectivity index (χ2v) is 5.96. The summed E-state index contributed by atoms with van der Waals surface area (Å²) in [6.07, 6.45) is 0.138. The zero-order valence-corrected chi connectivity index (χ0v) is 14.7. The van der Waals surface area contributed by atoms with Gasteiger partial charge in [0.1, 0.15) is 0 Å². The number of alkyl halides is 1. The van der Waals surface area contributed by atoms with Crippen molar-refractivity contribution in [3.63, 3.8) is 0 Å². The van der Waals surface area contributed by atoms with Crippen LogP contribution in [0.15, 0.2) is 18.2 Å². The fraction of sp³-hybridized carbons (Fsp3) is 0.588. The van der Waals surface area contributed by atoms with Crippen LogP contribution < -0.4 is 10.2 Å². The van der Waals surface area contributed by atoms with E-state index in [2.05, 4.69) is 10.2 Å². The first-order valence-corrected chi connectivity index (χ1v) is 8.81. The van der Waals surface area contributed by atoms with E-state index in [-0.39, 0.29) is 11.8 Å². The molecule has 2 N–H and O–H groups in total. The molecule has 1 aromatic carbocycles. The summed E-state index contributed by atoms with van der Waals surface area (Å²) in [5.74, 6) is -0.176. The lowest BCUT2D eigenvalue weighted by Crippen LogP contribution is -2.37. The Morgan fingerprint density at radius 3 is 2.88 bits per heavy atom. The minimum atomic E-state index is -0.638. The summed E-state index contributed by atoms with van der Waals surface area (Å²) in [5, 5.41) is 12.7. The van der Waals surface area contributed by atoms with Gasteiger partial charge in [0.2, 0.25) is 0 Å². The Morgan fingerprint density at radius 2 is 2.21 bits per heavy atom. The highest BCUT2D eigenvalue weighted by Crippen LogP contribution is 2.26. The molecule has 0 saturated carbocycles. The SMILES string of the molecule is CCCOC(=O)c1cc(NCC(O)CCl)ccc1N1CCOCC1. The maximum absolute atomic E-state index is 12.4. The molecule has 1 saturated heterocycles. The lowest BCUT2D eigenvalue weighted by atomic mass is 10.1. The average Bonchev–Trinajstić information content (AvgIpc) is 2.64. The van der Waals surface area contributed by atoms with Crippen LogP contribution in [0.25, 0.3) is 0 Å². The van der Waals surface area contributed by atoms with Gasteiger partial charge in [-0.25, -0.2) is 4.79 Å². The van der Waals surface area contributed by atoms with Crippen molar-refractivity contribution >= 4 is 28.9 Å².